The highest BCUT2D eigenvalue weighted by Crippen LogP contribution is 2.20. The molecule has 1 N–H and O–H groups in total. The Labute approximate surface area is 98.3 Å². The van der Waals surface area contributed by atoms with Crippen LogP contribution in [-0.4, -0.2) is 23.9 Å². The van der Waals surface area contributed by atoms with E-state index in [1.807, 2.05) is 32.0 Å². The second kappa shape index (κ2) is 6.66. The number of ether oxygens (including phenoxy) is 1. The summed E-state index contributed by atoms with van der Waals surface area (Å²) in [4.78, 5) is 0. The second-order valence-electron chi connectivity index (χ2n) is 4.58. The fourth-order valence-electron chi connectivity index (χ4n) is 1.70. The van der Waals surface area contributed by atoms with E-state index in [-0.39, 0.29) is 12.2 Å². The Morgan fingerprint density at radius 2 is 1.75 bits per heavy atom. The average Bonchev–Trinajstić information content (AvgIpc) is 2.27. The van der Waals surface area contributed by atoms with Gasteiger partial charge in [-0.05, 0) is 31.7 Å². The first-order valence-electron chi connectivity index (χ1n) is 5.94. The summed E-state index contributed by atoms with van der Waals surface area (Å²) in [7, 11) is 0. The molecule has 2 atom stereocenters. The molecule has 0 amide bonds. The Balaban J connectivity index is 2.36. The quantitative estimate of drug-likeness (QED) is 0.802. The predicted octanol–water partition coefficient (Wildman–Crippen LogP) is 2.97. The molecule has 0 bridgehead atoms. The molecule has 0 aliphatic carbocycles. The standard InChI is InChI=1S/C14H22O2/c1-11(2)16-10-14(15)9-12(3)13-7-5-4-6-8-13/h4-8,11-12,14-15H,9-10H2,1-3H3. The molecular formula is C14H22O2. The molecular weight excluding hydrogens is 200 g/mol. The Kier molecular flexibility index (Phi) is 5.50. The smallest absolute Gasteiger partial charge is 0.0779 e. The van der Waals surface area contributed by atoms with Crippen molar-refractivity contribution in [1.29, 1.82) is 0 Å². The minimum Gasteiger partial charge on any atom is -0.391 e. The van der Waals surface area contributed by atoms with Crippen molar-refractivity contribution >= 4 is 0 Å². The van der Waals surface area contributed by atoms with Crippen LogP contribution in [0.5, 0.6) is 0 Å². The lowest BCUT2D eigenvalue weighted by molar-refractivity contribution is 0.000561. The zero-order valence-electron chi connectivity index (χ0n) is 10.4. The third-order valence-electron chi connectivity index (χ3n) is 2.62. The Morgan fingerprint density at radius 3 is 2.31 bits per heavy atom. The molecule has 0 aliphatic rings. The number of hydrogen-bond donors (Lipinski definition) is 1. The predicted molar refractivity (Wildman–Crippen MR) is 66.6 cm³/mol. The highest BCUT2D eigenvalue weighted by Gasteiger charge is 2.12. The van der Waals surface area contributed by atoms with Crippen LogP contribution in [0.25, 0.3) is 0 Å². The van der Waals surface area contributed by atoms with E-state index in [9.17, 15) is 5.11 Å². The van der Waals surface area contributed by atoms with Gasteiger partial charge in [0.05, 0.1) is 18.8 Å². The third-order valence-corrected chi connectivity index (χ3v) is 2.62. The molecule has 2 unspecified atom stereocenters. The van der Waals surface area contributed by atoms with E-state index in [0.29, 0.717) is 12.5 Å². The lowest BCUT2D eigenvalue weighted by atomic mass is 9.95. The van der Waals surface area contributed by atoms with Gasteiger partial charge in [0.25, 0.3) is 0 Å². The number of rotatable bonds is 6. The SMILES string of the molecule is CC(C)OCC(O)CC(C)c1ccccc1. The van der Waals surface area contributed by atoms with Crippen LogP contribution in [0.2, 0.25) is 0 Å². The molecule has 0 heterocycles. The molecule has 16 heavy (non-hydrogen) atoms. The fraction of sp³-hybridized carbons (Fsp3) is 0.571. The van der Waals surface area contributed by atoms with Gasteiger partial charge in [-0.1, -0.05) is 37.3 Å². The van der Waals surface area contributed by atoms with Gasteiger partial charge in [0.2, 0.25) is 0 Å². The summed E-state index contributed by atoms with van der Waals surface area (Å²) < 4.78 is 5.39. The van der Waals surface area contributed by atoms with Crippen LogP contribution in [0.4, 0.5) is 0 Å². The lowest BCUT2D eigenvalue weighted by Crippen LogP contribution is -2.20. The molecule has 1 aromatic carbocycles. The fourth-order valence-corrected chi connectivity index (χ4v) is 1.70. The number of aliphatic hydroxyl groups is 1. The van der Waals surface area contributed by atoms with Crippen LogP contribution < -0.4 is 0 Å². The molecule has 0 aliphatic heterocycles. The van der Waals surface area contributed by atoms with Crippen LogP contribution in [0.1, 0.15) is 38.7 Å². The third kappa shape index (κ3) is 4.77. The van der Waals surface area contributed by atoms with Crippen molar-refractivity contribution in [2.45, 2.75) is 45.3 Å². The molecule has 1 aromatic rings. The van der Waals surface area contributed by atoms with Gasteiger partial charge in [0.15, 0.2) is 0 Å². The van der Waals surface area contributed by atoms with E-state index in [2.05, 4.69) is 19.1 Å². The average molecular weight is 222 g/mol. The Hall–Kier alpha value is -0.860. The van der Waals surface area contributed by atoms with Crippen LogP contribution >= 0.6 is 0 Å². The molecule has 2 nitrogen and oxygen atoms in total. The van der Waals surface area contributed by atoms with Crippen molar-refractivity contribution in [3.8, 4) is 0 Å². The monoisotopic (exact) mass is 222 g/mol. The van der Waals surface area contributed by atoms with Crippen molar-refractivity contribution in [2.75, 3.05) is 6.61 Å². The van der Waals surface area contributed by atoms with Crippen molar-refractivity contribution in [1.82, 2.24) is 0 Å². The first kappa shape index (κ1) is 13.2. The molecule has 0 fully saturated rings. The van der Waals surface area contributed by atoms with Crippen LogP contribution in [0, 0.1) is 0 Å². The van der Waals surface area contributed by atoms with Gasteiger partial charge in [0, 0.05) is 0 Å². The molecule has 90 valence electrons. The van der Waals surface area contributed by atoms with Gasteiger partial charge < -0.3 is 9.84 Å². The summed E-state index contributed by atoms with van der Waals surface area (Å²) in [5.74, 6) is 0.368. The number of benzene rings is 1. The van der Waals surface area contributed by atoms with Crippen LogP contribution in [-0.2, 0) is 4.74 Å². The van der Waals surface area contributed by atoms with Crippen molar-refractivity contribution in [3.63, 3.8) is 0 Å². The largest absolute Gasteiger partial charge is 0.391 e. The number of aliphatic hydroxyl groups excluding tert-OH is 1. The van der Waals surface area contributed by atoms with Crippen molar-refractivity contribution in [3.05, 3.63) is 35.9 Å². The van der Waals surface area contributed by atoms with Crippen molar-refractivity contribution < 1.29 is 9.84 Å². The van der Waals surface area contributed by atoms with Gasteiger partial charge in [-0.15, -0.1) is 0 Å². The molecule has 0 saturated carbocycles. The maximum Gasteiger partial charge on any atom is 0.0779 e. The summed E-state index contributed by atoms with van der Waals surface area (Å²) in [5.41, 5.74) is 1.27. The Morgan fingerprint density at radius 1 is 1.12 bits per heavy atom. The highest BCUT2D eigenvalue weighted by molar-refractivity contribution is 5.18. The van der Waals surface area contributed by atoms with E-state index in [4.69, 9.17) is 4.74 Å². The minimum atomic E-state index is -0.377. The molecule has 0 aromatic heterocycles. The Bertz CT molecular complexity index is 282. The van der Waals surface area contributed by atoms with Gasteiger partial charge in [-0.25, -0.2) is 0 Å². The van der Waals surface area contributed by atoms with E-state index < -0.39 is 0 Å². The summed E-state index contributed by atoms with van der Waals surface area (Å²) in [6, 6.07) is 10.3. The summed E-state index contributed by atoms with van der Waals surface area (Å²) >= 11 is 0. The summed E-state index contributed by atoms with van der Waals surface area (Å²) in [5, 5.41) is 9.80. The second-order valence-corrected chi connectivity index (χ2v) is 4.58. The van der Waals surface area contributed by atoms with E-state index in [0.717, 1.165) is 6.42 Å². The molecule has 1 rings (SSSR count). The molecule has 0 spiro atoms. The first-order valence-corrected chi connectivity index (χ1v) is 5.94. The summed E-state index contributed by atoms with van der Waals surface area (Å²) in [6.07, 6.45) is 0.552. The van der Waals surface area contributed by atoms with Crippen molar-refractivity contribution in [2.24, 2.45) is 0 Å². The summed E-state index contributed by atoms with van der Waals surface area (Å²) in [6.45, 7) is 6.52. The van der Waals surface area contributed by atoms with E-state index in [1.165, 1.54) is 5.56 Å². The number of hydrogen-bond acceptors (Lipinski definition) is 2. The molecule has 0 saturated heterocycles. The first-order chi connectivity index (χ1) is 7.59. The van der Waals surface area contributed by atoms with Crippen LogP contribution in [0.3, 0.4) is 0 Å². The van der Waals surface area contributed by atoms with E-state index in [1.54, 1.807) is 0 Å². The zero-order valence-corrected chi connectivity index (χ0v) is 10.4. The van der Waals surface area contributed by atoms with E-state index >= 15 is 0 Å². The molecule has 2 heteroatoms. The maximum absolute atomic E-state index is 9.80. The maximum atomic E-state index is 9.80. The lowest BCUT2D eigenvalue weighted by Gasteiger charge is -2.18. The normalized spacial score (nSPS) is 15.1. The topological polar surface area (TPSA) is 29.5 Å². The van der Waals surface area contributed by atoms with Gasteiger partial charge in [-0.2, -0.15) is 0 Å². The highest BCUT2D eigenvalue weighted by atomic mass is 16.5. The van der Waals surface area contributed by atoms with Gasteiger partial charge in [-0.3, -0.25) is 0 Å². The minimum absolute atomic E-state index is 0.182. The zero-order chi connectivity index (χ0) is 12.0. The molecule has 0 radical (unpaired) electrons. The van der Waals surface area contributed by atoms with Gasteiger partial charge >= 0.3 is 0 Å². The van der Waals surface area contributed by atoms with Gasteiger partial charge in [0.1, 0.15) is 0 Å². The van der Waals surface area contributed by atoms with Crippen LogP contribution in [0.15, 0.2) is 30.3 Å².